The highest BCUT2D eigenvalue weighted by Gasteiger charge is 2.33. The van der Waals surface area contributed by atoms with E-state index < -0.39 is 28.6 Å². The summed E-state index contributed by atoms with van der Waals surface area (Å²) >= 11 is 0. The lowest BCUT2D eigenvalue weighted by Gasteiger charge is -2.36. The number of esters is 2. The summed E-state index contributed by atoms with van der Waals surface area (Å²) in [5, 5.41) is 0. The quantitative estimate of drug-likeness (QED) is 0.529. The summed E-state index contributed by atoms with van der Waals surface area (Å²) in [7, 11) is -3.90. The average Bonchev–Trinajstić information content (AvgIpc) is 2.79. The molecule has 0 radical (unpaired) electrons. The minimum absolute atomic E-state index is 0.0333. The Morgan fingerprint density at radius 3 is 2.47 bits per heavy atom. The van der Waals surface area contributed by atoms with Gasteiger partial charge in [0.15, 0.2) is 6.61 Å². The average molecular weight is 488 g/mol. The van der Waals surface area contributed by atoms with Crippen molar-refractivity contribution in [3.63, 3.8) is 0 Å². The van der Waals surface area contributed by atoms with Gasteiger partial charge in [0.1, 0.15) is 6.10 Å². The molecule has 1 aliphatic rings. The maximum absolute atomic E-state index is 12.7. The lowest BCUT2D eigenvalue weighted by atomic mass is 9.75. The van der Waals surface area contributed by atoms with Gasteiger partial charge in [-0.15, -0.1) is 0 Å². The normalized spacial score (nSPS) is 20.6. The molecule has 184 valence electrons. The topological polar surface area (TPSA) is 98.8 Å². The highest BCUT2D eigenvalue weighted by atomic mass is 32.2. The maximum Gasteiger partial charge on any atom is 0.344 e. The van der Waals surface area contributed by atoms with Crippen LogP contribution in [0.1, 0.15) is 56.0 Å². The maximum atomic E-state index is 12.7. The van der Waals surface area contributed by atoms with Crippen molar-refractivity contribution in [3.8, 4) is 0 Å². The standard InChI is InChI=1S/C26H33NO6S/c1-17(2)23-13-10-19(4)14-24(23)33-25(28)16-32-26(29)20-6-5-7-22(15-20)34(30,31)27-21-11-8-18(3)9-12-21/h5-9,11-12,15,17,19,23-24,27H,10,13-14,16H2,1-4H3/t19-,23-,24+/m1/s1. The number of nitrogens with one attached hydrogen (secondary N) is 1. The molecule has 8 heteroatoms. The fourth-order valence-electron chi connectivity index (χ4n) is 4.29. The van der Waals surface area contributed by atoms with Crippen LogP contribution in [0, 0.1) is 24.7 Å². The first-order valence-corrected chi connectivity index (χ1v) is 13.1. The monoisotopic (exact) mass is 487 g/mol. The highest BCUT2D eigenvalue weighted by molar-refractivity contribution is 7.92. The molecule has 0 unspecified atom stereocenters. The van der Waals surface area contributed by atoms with E-state index in [1.807, 2.05) is 6.92 Å². The smallest absolute Gasteiger partial charge is 0.344 e. The van der Waals surface area contributed by atoms with Gasteiger partial charge in [0.05, 0.1) is 10.5 Å². The molecule has 7 nitrogen and oxygen atoms in total. The van der Waals surface area contributed by atoms with E-state index in [1.54, 1.807) is 24.3 Å². The van der Waals surface area contributed by atoms with Gasteiger partial charge in [0.25, 0.3) is 10.0 Å². The zero-order valence-electron chi connectivity index (χ0n) is 20.1. The summed E-state index contributed by atoms with van der Waals surface area (Å²) in [6.07, 6.45) is 2.74. The zero-order valence-corrected chi connectivity index (χ0v) is 20.9. The molecule has 0 heterocycles. The fourth-order valence-corrected chi connectivity index (χ4v) is 5.39. The number of ether oxygens (including phenoxy) is 2. The fraction of sp³-hybridized carbons (Fsp3) is 0.462. The predicted molar refractivity (Wildman–Crippen MR) is 130 cm³/mol. The molecule has 34 heavy (non-hydrogen) atoms. The highest BCUT2D eigenvalue weighted by Crippen LogP contribution is 2.35. The Morgan fingerprint density at radius 1 is 1.09 bits per heavy atom. The van der Waals surface area contributed by atoms with Crippen LogP contribution in [0.15, 0.2) is 53.4 Å². The second kappa shape index (κ2) is 11.0. The third kappa shape index (κ3) is 6.82. The van der Waals surface area contributed by atoms with Crippen LogP contribution >= 0.6 is 0 Å². The van der Waals surface area contributed by atoms with E-state index in [-0.39, 0.29) is 16.6 Å². The van der Waals surface area contributed by atoms with Crippen LogP contribution < -0.4 is 4.72 Å². The Kier molecular flexibility index (Phi) is 8.36. The van der Waals surface area contributed by atoms with Gasteiger partial charge in [-0.05, 0) is 67.9 Å². The van der Waals surface area contributed by atoms with Gasteiger partial charge >= 0.3 is 11.9 Å². The number of hydrogen-bond donors (Lipinski definition) is 1. The van der Waals surface area contributed by atoms with Gasteiger partial charge in [0.2, 0.25) is 0 Å². The van der Waals surface area contributed by atoms with E-state index in [1.165, 1.54) is 24.3 Å². The zero-order chi connectivity index (χ0) is 24.9. The van der Waals surface area contributed by atoms with E-state index in [0.717, 1.165) is 24.8 Å². The van der Waals surface area contributed by atoms with Crippen molar-refractivity contribution in [2.24, 2.45) is 17.8 Å². The lowest BCUT2D eigenvalue weighted by molar-refractivity contribution is -0.159. The Hall–Kier alpha value is -2.87. The first-order chi connectivity index (χ1) is 16.0. The van der Waals surface area contributed by atoms with Gasteiger partial charge in [-0.2, -0.15) is 0 Å². The van der Waals surface area contributed by atoms with E-state index in [2.05, 4.69) is 25.5 Å². The van der Waals surface area contributed by atoms with Crippen molar-refractivity contribution in [2.45, 2.75) is 58.0 Å². The van der Waals surface area contributed by atoms with Crippen molar-refractivity contribution in [1.29, 1.82) is 0 Å². The molecule has 0 spiro atoms. The van der Waals surface area contributed by atoms with Crippen LogP contribution in [0.25, 0.3) is 0 Å². The van der Waals surface area contributed by atoms with Gasteiger partial charge in [-0.25, -0.2) is 18.0 Å². The van der Waals surface area contributed by atoms with Gasteiger partial charge in [-0.3, -0.25) is 4.72 Å². The molecular weight excluding hydrogens is 454 g/mol. The SMILES string of the molecule is Cc1ccc(NS(=O)(=O)c2cccc(C(=O)OCC(=O)O[C@H]3C[C@H](C)CC[C@@H]3C(C)C)c2)cc1. The second-order valence-corrected chi connectivity index (χ2v) is 11.1. The van der Waals surface area contributed by atoms with E-state index in [9.17, 15) is 18.0 Å². The minimum Gasteiger partial charge on any atom is -0.460 e. The number of anilines is 1. The van der Waals surface area contributed by atoms with Crippen molar-refractivity contribution in [2.75, 3.05) is 11.3 Å². The molecular formula is C26H33NO6S. The van der Waals surface area contributed by atoms with Gasteiger partial charge < -0.3 is 9.47 Å². The third-order valence-electron chi connectivity index (χ3n) is 6.25. The number of carbonyl (C=O) groups excluding carboxylic acids is 2. The molecule has 1 N–H and O–H groups in total. The molecule has 2 aromatic carbocycles. The van der Waals surface area contributed by atoms with E-state index in [0.29, 0.717) is 23.4 Å². The molecule has 0 saturated heterocycles. The summed E-state index contributed by atoms with van der Waals surface area (Å²) < 4.78 is 38.7. The summed E-state index contributed by atoms with van der Waals surface area (Å²) in [5.74, 6) is -0.219. The summed E-state index contributed by atoms with van der Waals surface area (Å²) in [5.41, 5.74) is 1.45. The van der Waals surface area contributed by atoms with Crippen molar-refractivity contribution in [1.82, 2.24) is 0 Å². The molecule has 2 aromatic rings. The lowest BCUT2D eigenvalue weighted by Crippen LogP contribution is -2.36. The molecule has 1 aliphatic carbocycles. The molecule has 1 fully saturated rings. The molecule has 3 atom stereocenters. The third-order valence-corrected chi connectivity index (χ3v) is 7.63. The van der Waals surface area contributed by atoms with Crippen LogP contribution in [0.4, 0.5) is 5.69 Å². The summed E-state index contributed by atoms with van der Waals surface area (Å²) in [6, 6.07) is 12.4. The molecule has 0 aliphatic heterocycles. The van der Waals surface area contributed by atoms with Gasteiger partial charge in [-0.1, -0.05) is 51.0 Å². The largest absolute Gasteiger partial charge is 0.460 e. The van der Waals surface area contributed by atoms with Crippen LogP contribution in [0.2, 0.25) is 0 Å². The van der Waals surface area contributed by atoms with Crippen LogP contribution in [0.5, 0.6) is 0 Å². The Labute approximate surface area is 201 Å². The van der Waals surface area contributed by atoms with Crippen molar-refractivity contribution in [3.05, 3.63) is 59.7 Å². The molecule has 0 amide bonds. The Balaban J connectivity index is 1.60. The number of carbonyl (C=O) groups is 2. The van der Waals surface area contributed by atoms with Crippen molar-refractivity contribution < 1.29 is 27.5 Å². The number of sulfonamides is 1. The molecule has 3 rings (SSSR count). The Bertz CT molecular complexity index is 1110. The van der Waals surface area contributed by atoms with Crippen LogP contribution in [0.3, 0.4) is 0 Å². The molecule has 0 aromatic heterocycles. The Morgan fingerprint density at radius 2 is 1.79 bits per heavy atom. The predicted octanol–water partition coefficient (Wildman–Crippen LogP) is 4.96. The molecule has 1 saturated carbocycles. The second-order valence-electron chi connectivity index (χ2n) is 9.43. The van der Waals surface area contributed by atoms with Crippen LogP contribution in [-0.4, -0.2) is 33.1 Å². The van der Waals surface area contributed by atoms with Crippen LogP contribution in [-0.2, 0) is 24.3 Å². The summed E-state index contributed by atoms with van der Waals surface area (Å²) in [6.45, 7) is 7.77. The first kappa shape index (κ1) is 25.7. The molecule has 0 bridgehead atoms. The first-order valence-electron chi connectivity index (χ1n) is 11.6. The number of hydrogen-bond acceptors (Lipinski definition) is 6. The van der Waals surface area contributed by atoms with E-state index >= 15 is 0 Å². The minimum atomic E-state index is -3.90. The van der Waals surface area contributed by atoms with E-state index in [4.69, 9.17) is 9.47 Å². The number of benzene rings is 2. The van der Waals surface area contributed by atoms with Crippen molar-refractivity contribution >= 4 is 27.6 Å². The van der Waals surface area contributed by atoms with Gasteiger partial charge in [0, 0.05) is 5.69 Å². The number of rotatable bonds is 8. The summed E-state index contributed by atoms with van der Waals surface area (Å²) in [4.78, 5) is 24.8. The number of aryl methyl sites for hydroxylation is 1.